The number of likely N-dealkylation sites (tertiary alicyclic amines) is 1. The zero-order valence-electron chi connectivity index (χ0n) is 22.7. The van der Waals surface area contributed by atoms with Crippen LogP contribution in [0.15, 0.2) is 54.7 Å². The molecule has 3 aliphatic heterocycles. The number of imidazole rings is 1. The lowest BCUT2D eigenvalue weighted by Crippen LogP contribution is -2.35. The molecule has 2 aromatic heterocycles. The lowest BCUT2D eigenvalue weighted by atomic mass is 9.88. The fourth-order valence-corrected chi connectivity index (χ4v) is 6.19. The van der Waals surface area contributed by atoms with Gasteiger partial charge in [-0.15, -0.1) is 0 Å². The van der Waals surface area contributed by atoms with Crippen molar-refractivity contribution < 1.29 is 24.1 Å². The number of piperidine rings is 1. The Hall–Kier alpha value is -3.66. The Morgan fingerprint density at radius 2 is 1.95 bits per heavy atom. The van der Waals surface area contributed by atoms with E-state index in [0.717, 1.165) is 72.9 Å². The van der Waals surface area contributed by atoms with Crippen molar-refractivity contribution in [1.29, 1.82) is 0 Å². The average Bonchev–Trinajstić information content (AvgIpc) is 3.47. The van der Waals surface area contributed by atoms with Crippen LogP contribution in [0.3, 0.4) is 0 Å². The van der Waals surface area contributed by atoms with E-state index < -0.39 is 11.8 Å². The summed E-state index contributed by atoms with van der Waals surface area (Å²) in [5, 5.41) is 12.1. The summed E-state index contributed by atoms with van der Waals surface area (Å²) in [5.41, 5.74) is 3.58. The molecule has 5 heterocycles. The lowest BCUT2D eigenvalue weighted by Gasteiger charge is -2.33. The molecule has 0 N–H and O–H groups in total. The number of nitrogens with zero attached hydrogens (tertiary/aromatic N) is 4. The third-order valence-electron chi connectivity index (χ3n) is 8.44. The summed E-state index contributed by atoms with van der Waals surface area (Å²) in [7, 11) is 0. The topological polar surface area (TPSA) is 102 Å². The number of aromatic carboxylic acids is 1. The van der Waals surface area contributed by atoms with E-state index in [0.29, 0.717) is 29.7 Å². The zero-order chi connectivity index (χ0) is 28.1. The van der Waals surface area contributed by atoms with Crippen molar-refractivity contribution >= 4 is 28.6 Å². The van der Waals surface area contributed by atoms with E-state index in [1.54, 1.807) is 30.5 Å². The summed E-state index contributed by atoms with van der Waals surface area (Å²) in [6.45, 7) is 5.79. The smallest absolute Gasteiger partial charge is 0.292 e. The maximum atomic E-state index is 11.5. The molecule has 2 atom stereocenters. The Bertz CT molecular complexity index is 1610. The molecule has 9 nitrogen and oxygen atoms in total. The molecule has 4 aromatic rings. The summed E-state index contributed by atoms with van der Waals surface area (Å²) < 4.78 is 20.5. The van der Waals surface area contributed by atoms with Gasteiger partial charge in [-0.2, -0.15) is 0 Å². The molecule has 41 heavy (non-hydrogen) atoms. The number of carboxylic acids is 1. The fourth-order valence-electron chi connectivity index (χ4n) is 6.08. The number of fused-ring (bicyclic) bond motifs is 2. The van der Waals surface area contributed by atoms with Crippen molar-refractivity contribution in [3.63, 3.8) is 0 Å². The van der Waals surface area contributed by atoms with E-state index in [4.69, 9.17) is 30.8 Å². The van der Waals surface area contributed by atoms with Crippen LogP contribution in [0.5, 0.6) is 11.5 Å². The van der Waals surface area contributed by atoms with Crippen LogP contribution >= 0.6 is 11.6 Å². The fraction of sp³-hybridized carbons (Fsp3) is 0.387. The molecule has 0 radical (unpaired) electrons. The molecule has 0 saturated carbocycles. The van der Waals surface area contributed by atoms with Gasteiger partial charge in [-0.1, -0.05) is 29.8 Å². The lowest BCUT2D eigenvalue weighted by molar-refractivity contribution is -0.255. The van der Waals surface area contributed by atoms with Crippen molar-refractivity contribution in [2.45, 2.75) is 57.1 Å². The molecule has 0 amide bonds. The molecule has 212 valence electrons. The van der Waals surface area contributed by atoms with Crippen molar-refractivity contribution in [1.82, 2.24) is 19.4 Å². The SMILES string of the molecule is C[C@]1(c2ccc(Cl)cn2)Oc2cccc(C3CCN(Cc4nc5ccc(C(=O)[O-])cc5n4C[C@@H]4CCO4)CC3)c2O1. The highest BCUT2D eigenvalue weighted by atomic mass is 35.5. The third kappa shape index (κ3) is 4.92. The number of pyridine rings is 1. The highest BCUT2D eigenvalue weighted by Crippen LogP contribution is 2.49. The van der Waals surface area contributed by atoms with Gasteiger partial charge < -0.3 is 28.7 Å². The van der Waals surface area contributed by atoms with Crippen LogP contribution in [0.4, 0.5) is 0 Å². The first kappa shape index (κ1) is 26.3. The molecule has 10 heteroatoms. The normalized spacial score (nSPS) is 22.6. The van der Waals surface area contributed by atoms with Crippen LogP contribution in [0, 0.1) is 0 Å². The van der Waals surface area contributed by atoms with Crippen LogP contribution in [-0.4, -0.2) is 51.2 Å². The van der Waals surface area contributed by atoms with E-state index in [-0.39, 0.29) is 11.7 Å². The maximum Gasteiger partial charge on any atom is 0.292 e. The Balaban J connectivity index is 1.07. The van der Waals surface area contributed by atoms with Gasteiger partial charge >= 0.3 is 0 Å². The number of halogens is 1. The summed E-state index contributed by atoms with van der Waals surface area (Å²) in [6, 6.07) is 14.7. The molecule has 2 fully saturated rings. The van der Waals surface area contributed by atoms with Crippen LogP contribution in [0.2, 0.25) is 5.02 Å². The molecule has 0 spiro atoms. The number of hydrogen-bond acceptors (Lipinski definition) is 8. The summed E-state index contributed by atoms with van der Waals surface area (Å²) in [4.78, 5) is 23.3. The van der Waals surface area contributed by atoms with Crippen LogP contribution in [0.25, 0.3) is 11.0 Å². The van der Waals surface area contributed by atoms with E-state index in [1.807, 2.05) is 25.1 Å². The van der Waals surface area contributed by atoms with Crippen LogP contribution in [-0.2, 0) is 23.6 Å². The first-order chi connectivity index (χ1) is 19.9. The molecule has 2 saturated heterocycles. The minimum atomic E-state index is -1.19. The number of benzene rings is 2. The van der Waals surface area contributed by atoms with Gasteiger partial charge in [0, 0.05) is 25.3 Å². The summed E-state index contributed by atoms with van der Waals surface area (Å²) in [6.07, 6.45) is 4.65. The summed E-state index contributed by atoms with van der Waals surface area (Å²) in [5.74, 6) is 0.577. The number of ether oxygens (including phenoxy) is 3. The molecular formula is C31H30ClN4O5-. The van der Waals surface area contributed by atoms with E-state index in [9.17, 15) is 9.90 Å². The van der Waals surface area contributed by atoms with Gasteiger partial charge in [0.1, 0.15) is 11.5 Å². The second kappa shape index (κ2) is 10.3. The van der Waals surface area contributed by atoms with Crippen molar-refractivity contribution in [3.05, 3.63) is 82.4 Å². The highest BCUT2D eigenvalue weighted by molar-refractivity contribution is 6.30. The summed E-state index contributed by atoms with van der Waals surface area (Å²) >= 11 is 6.04. The second-order valence-corrected chi connectivity index (χ2v) is 11.6. The molecule has 0 bridgehead atoms. The zero-order valence-corrected chi connectivity index (χ0v) is 23.5. The number of aromatic nitrogens is 3. The first-order valence-electron chi connectivity index (χ1n) is 14.0. The number of hydrogen-bond donors (Lipinski definition) is 0. The van der Waals surface area contributed by atoms with Crippen molar-refractivity contribution in [2.75, 3.05) is 19.7 Å². The number of carboxylic acid groups (broad SMARTS) is 1. The van der Waals surface area contributed by atoms with E-state index in [2.05, 4.69) is 20.5 Å². The molecule has 2 aromatic carbocycles. The Morgan fingerprint density at radius 3 is 2.66 bits per heavy atom. The maximum absolute atomic E-state index is 11.5. The number of rotatable bonds is 7. The number of carbonyl (C=O) groups excluding carboxylic acids is 1. The van der Waals surface area contributed by atoms with Gasteiger partial charge in [-0.3, -0.25) is 9.88 Å². The van der Waals surface area contributed by atoms with E-state index >= 15 is 0 Å². The monoisotopic (exact) mass is 573 g/mol. The average molecular weight is 574 g/mol. The largest absolute Gasteiger partial charge is 0.545 e. The van der Waals surface area contributed by atoms with Crippen molar-refractivity contribution in [2.24, 2.45) is 0 Å². The van der Waals surface area contributed by atoms with Gasteiger partial charge in [-0.25, -0.2) is 4.98 Å². The minimum absolute atomic E-state index is 0.125. The Labute approximate surface area is 242 Å². The third-order valence-corrected chi connectivity index (χ3v) is 8.66. The number of carbonyl (C=O) groups is 1. The van der Waals surface area contributed by atoms with Gasteiger partial charge in [-0.05, 0) is 74.2 Å². The molecule has 0 aliphatic carbocycles. The van der Waals surface area contributed by atoms with Gasteiger partial charge in [0.05, 0.1) is 41.2 Å². The predicted octanol–water partition coefficient (Wildman–Crippen LogP) is 4.26. The second-order valence-electron chi connectivity index (χ2n) is 11.1. The standard InChI is InChI=1S/C31H31ClN4O5/c1-31(27-8-6-21(32)16-33-27)40-26-4-2-3-23(29(26)41-31)19-9-12-35(13-10-19)18-28-34-24-7-5-20(30(37)38)15-25(24)36(28)17-22-11-14-39-22/h2-8,15-16,19,22H,9-14,17-18H2,1H3,(H,37,38)/p-1/t22-,31-/m0/s1. The van der Waals surface area contributed by atoms with Crippen LogP contribution in [0.1, 0.15) is 59.5 Å². The quantitative estimate of drug-likeness (QED) is 0.323. The minimum Gasteiger partial charge on any atom is -0.545 e. The number of para-hydroxylation sites is 1. The van der Waals surface area contributed by atoms with Crippen LogP contribution < -0.4 is 14.6 Å². The molecule has 0 unspecified atom stereocenters. The molecule has 3 aliphatic rings. The highest BCUT2D eigenvalue weighted by Gasteiger charge is 2.42. The van der Waals surface area contributed by atoms with E-state index in [1.165, 1.54) is 0 Å². The molecular weight excluding hydrogens is 544 g/mol. The predicted molar refractivity (Wildman–Crippen MR) is 150 cm³/mol. The Morgan fingerprint density at radius 1 is 1.12 bits per heavy atom. The van der Waals surface area contributed by atoms with Gasteiger partial charge in [0.2, 0.25) is 0 Å². The van der Waals surface area contributed by atoms with Gasteiger partial charge in [0.25, 0.3) is 5.79 Å². The molecule has 7 rings (SSSR count). The van der Waals surface area contributed by atoms with Gasteiger partial charge in [0.15, 0.2) is 11.5 Å². The van der Waals surface area contributed by atoms with Crippen molar-refractivity contribution in [3.8, 4) is 11.5 Å². The Kier molecular flexibility index (Phi) is 6.60. The first-order valence-corrected chi connectivity index (χ1v) is 14.4.